The third-order valence-electron chi connectivity index (χ3n) is 5.35. The zero-order valence-corrected chi connectivity index (χ0v) is 15.6. The molecular formula is C20H22N5O3. The van der Waals surface area contributed by atoms with Crippen LogP contribution in [0.4, 0.5) is 5.82 Å². The number of hydrogen-bond acceptors (Lipinski definition) is 6. The van der Waals surface area contributed by atoms with Crippen molar-refractivity contribution in [2.45, 2.75) is 25.5 Å². The Bertz CT molecular complexity index is 977. The quantitative estimate of drug-likeness (QED) is 0.694. The largest absolute Gasteiger partial charge is 0.378 e. The molecule has 3 aromatic rings. The minimum absolute atomic E-state index is 0.0869. The molecule has 0 N–H and O–H groups in total. The summed E-state index contributed by atoms with van der Waals surface area (Å²) in [4.78, 5) is 11.2. The Kier molecular flexibility index (Phi) is 4.58. The van der Waals surface area contributed by atoms with E-state index in [0.29, 0.717) is 30.1 Å². The van der Waals surface area contributed by atoms with Gasteiger partial charge in [-0.15, -0.1) is 0 Å². The van der Waals surface area contributed by atoms with Gasteiger partial charge in [0, 0.05) is 43.7 Å². The number of anilines is 1. The minimum Gasteiger partial charge on any atom is -0.378 e. The van der Waals surface area contributed by atoms with Crippen LogP contribution in [0.15, 0.2) is 30.6 Å². The standard InChI is InChI=1S/C20H22N5O3/c26-16-13-17(24-8-11-27-12-9-24)23-19-14(4-6-21-20(16)19)15-5-7-22-25(15)18-3-1-2-10-28-18/h4-7,13,18H,1-3,8-12H2. The van der Waals surface area contributed by atoms with Crippen molar-refractivity contribution in [2.24, 2.45) is 0 Å². The molecule has 0 bridgehead atoms. The maximum atomic E-state index is 12.7. The van der Waals surface area contributed by atoms with Crippen LogP contribution in [0.5, 0.6) is 5.75 Å². The predicted octanol–water partition coefficient (Wildman–Crippen LogP) is 3.17. The third kappa shape index (κ3) is 3.08. The lowest BCUT2D eigenvalue weighted by Crippen LogP contribution is -2.36. The highest BCUT2D eigenvalue weighted by atomic mass is 16.5. The van der Waals surface area contributed by atoms with Crippen molar-refractivity contribution < 1.29 is 14.6 Å². The topological polar surface area (TPSA) is 85.2 Å². The zero-order valence-electron chi connectivity index (χ0n) is 15.6. The Balaban J connectivity index is 1.62. The molecule has 2 saturated heterocycles. The highest BCUT2D eigenvalue weighted by Crippen LogP contribution is 2.35. The monoisotopic (exact) mass is 380 g/mol. The molecule has 1 unspecified atom stereocenters. The van der Waals surface area contributed by atoms with Gasteiger partial charge in [-0.05, 0) is 31.4 Å². The number of fused-ring (bicyclic) bond motifs is 1. The molecule has 0 saturated carbocycles. The van der Waals surface area contributed by atoms with Crippen molar-refractivity contribution in [3.8, 4) is 17.0 Å². The van der Waals surface area contributed by atoms with Gasteiger partial charge in [0.15, 0.2) is 6.23 Å². The summed E-state index contributed by atoms with van der Waals surface area (Å²) in [6.07, 6.45) is 6.46. The van der Waals surface area contributed by atoms with Gasteiger partial charge >= 0.3 is 0 Å². The molecule has 0 spiro atoms. The molecule has 5 heterocycles. The molecule has 145 valence electrons. The van der Waals surface area contributed by atoms with Gasteiger partial charge in [0.05, 0.1) is 18.9 Å². The average molecular weight is 380 g/mol. The van der Waals surface area contributed by atoms with Crippen molar-refractivity contribution in [2.75, 3.05) is 37.8 Å². The van der Waals surface area contributed by atoms with E-state index in [1.807, 2.05) is 16.8 Å². The van der Waals surface area contributed by atoms with Crippen molar-refractivity contribution in [1.82, 2.24) is 19.7 Å². The van der Waals surface area contributed by atoms with E-state index in [9.17, 15) is 5.11 Å². The van der Waals surface area contributed by atoms with Crippen LogP contribution >= 0.6 is 0 Å². The first-order chi connectivity index (χ1) is 13.8. The van der Waals surface area contributed by atoms with Crippen LogP contribution in [0.25, 0.3) is 22.3 Å². The van der Waals surface area contributed by atoms with Gasteiger partial charge in [-0.3, -0.25) is 10.1 Å². The molecule has 28 heavy (non-hydrogen) atoms. The Labute approximate surface area is 162 Å². The van der Waals surface area contributed by atoms with Gasteiger partial charge < -0.3 is 14.4 Å². The van der Waals surface area contributed by atoms with Gasteiger partial charge in [0.2, 0.25) is 5.75 Å². The van der Waals surface area contributed by atoms with Gasteiger partial charge in [-0.1, -0.05) is 0 Å². The van der Waals surface area contributed by atoms with Crippen molar-refractivity contribution in [1.29, 1.82) is 0 Å². The van der Waals surface area contributed by atoms with E-state index >= 15 is 0 Å². The summed E-state index contributed by atoms with van der Waals surface area (Å²) < 4.78 is 13.2. The Hall–Kier alpha value is -2.71. The number of pyridine rings is 2. The SMILES string of the molecule is [O]c1cc(N2CCOCC2)nc2c(-c3ccnn3C3CCCCO3)ccnc12. The fourth-order valence-corrected chi connectivity index (χ4v) is 3.91. The molecular weight excluding hydrogens is 358 g/mol. The first kappa shape index (κ1) is 17.4. The van der Waals surface area contributed by atoms with Crippen molar-refractivity contribution in [3.63, 3.8) is 0 Å². The summed E-state index contributed by atoms with van der Waals surface area (Å²) in [5.74, 6) is 0.559. The van der Waals surface area contributed by atoms with Crippen LogP contribution in [0, 0.1) is 0 Å². The van der Waals surface area contributed by atoms with E-state index in [1.54, 1.807) is 18.5 Å². The minimum atomic E-state index is -0.117. The zero-order chi connectivity index (χ0) is 18.9. The van der Waals surface area contributed by atoms with Crippen molar-refractivity contribution in [3.05, 3.63) is 30.6 Å². The van der Waals surface area contributed by atoms with E-state index < -0.39 is 0 Å². The summed E-state index contributed by atoms with van der Waals surface area (Å²) in [6.45, 7) is 3.47. The molecule has 3 aromatic heterocycles. The maximum absolute atomic E-state index is 12.7. The highest BCUT2D eigenvalue weighted by molar-refractivity contribution is 5.94. The highest BCUT2D eigenvalue weighted by Gasteiger charge is 2.23. The molecule has 1 radical (unpaired) electrons. The second-order valence-electron chi connectivity index (χ2n) is 7.12. The molecule has 1 atom stereocenters. The van der Waals surface area contributed by atoms with Crippen molar-refractivity contribution >= 4 is 16.9 Å². The van der Waals surface area contributed by atoms with Crippen LogP contribution in [-0.4, -0.2) is 52.7 Å². The van der Waals surface area contributed by atoms with Gasteiger partial charge in [-0.25, -0.2) is 9.67 Å². The first-order valence-corrected chi connectivity index (χ1v) is 9.76. The van der Waals surface area contributed by atoms with Crippen LogP contribution in [0.2, 0.25) is 0 Å². The van der Waals surface area contributed by atoms with Crippen LogP contribution in [-0.2, 0) is 14.6 Å². The summed E-state index contributed by atoms with van der Waals surface area (Å²) in [6, 6.07) is 5.42. The average Bonchev–Trinajstić information content (AvgIpc) is 3.24. The molecule has 8 heteroatoms. The van der Waals surface area contributed by atoms with E-state index in [1.165, 1.54) is 0 Å². The number of hydrogen-bond donors (Lipinski definition) is 0. The molecule has 8 nitrogen and oxygen atoms in total. The molecule has 2 fully saturated rings. The van der Waals surface area contributed by atoms with Gasteiger partial charge in [0.25, 0.3) is 0 Å². The molecule has 0 amide bonds. The number of nitrogens with zero attached hydrogens (tertiary/aromatic N) is 5. The van der Waals surface area contributed by atoms with Gasteiger partial charge in [0.1, 0.15) is 16.9 Å². The Morgan fingerprint density at radius 3 is 2.75 bits per heavy atom. The van der Waals surface area contributed by atoms with Gasteiger partial charge in [-0.2, -0.15) is 5.10 Å². The fourth-order valence-electron chi connectivity index (χ4n) is 3.91. The molecule has 2 aliphatic heterocycles. The smallest absolute Gasteiger partial charge is 0.210 e. The molecule has 2 aliphatic rings. The third-order valence-corrected chi connectivity index (χ3v) is 5.35. The van der Waals surface area contributed by atoms with E-state index in [2.05, 4.69) is 15.0 Å². The summed E-state index contributed by atoms with van der Waals surface area (Å²) in [5, 5.41) is 17.2. The Morgan fingerprint density at radius 1 is 1.04 bits per heavy atom. The number of rotatable bonds is 3. The number of ether oxygens (including phenoxy) is 2. The number of aromatic nitrogens is 4. The molecule has 0 aromatic carbocycles. The first-order valence-electron chi connectivity index (χ1n) is 9.76. The summed E-state index contributed by atoms with van der Waals surface area (Å²) in [5.41, 5.74) is 2.73. The lowest BCUT2D eigenvalue weighted by Gasteiger charge is -2.28. The molecule has 0 aliphatic carbocycles. The summed E-state index contributed by atoms with van der Waals surface area (Å²) >= 11 is 0. The van der Waals surface area contributed by atoms with Crippen LogP contribution in [0.3, 0.4) is 0 Å². The normalized spacial score (nSPS) is 20.6. The van der Waals surface area contributed by atoms with Crippen LogP contribution < -0.4 is 4.90 Å². The second kappa shape index (κ2) is 7.37. The summed E-state index contributed by atoms with van der Waals surface area (Å²) in [7, 11) is 0. The second-order valence-corrected chi connectivity index (χ2v) is 7.12. The lowest BCUT2D eigenvalue weighted by atomic mass is 10.1. The van der Waals surface area contributed by atoms with E-state index in [0.717, 1.165) is 50.2 Å². The lowest BCUT2D eigenvalue weighted by molar-refractivity contribution is -0.0383. The number of morpholine rings is 1. The predicted molar refractivity (Wildman–Crippen MR) is 103 cm³/mol. The van der Waals surface area contributed by atoms with Crippen LogP contribution in [0.1, 0.15) is 25.5 Å². The van der Waals surface area contributed by atoms with E-state index in [4.69, 9.17) is 14.5 Å². The fraction of sp³-hybridized carbons (Fsp3) is 0.450. The Morgan fingerprint density at radius 2 is 1.93 bits per heavy atom. The molecule has 5 rings (SSSR count). The maximum Gasteiger partial charge on any atom is 0.210 e. The van der Waals surface area contributed by atoms with E-state index in [-0.39, 0.29) is 12.0 Å².